The van der Waals surface area contributed by atoms with Crippen LogP contribution in [0.4, 0.5) is 10.7 Å². The van der Waals surface area contributed by atoms with E-state index >= 15 is 0 Å². The summed E-state index contributed by atoms with van der Waals surface area (Å²) in [6.45, 7) is 4.28. The second kappa shape index (κ2) is 4.59. The molecule has 1 aliphatic carbocycles. The average molecular weight is 302 g/mol. The molecule has 4 rings (SSSR count). The molecule has 1 fully saturated rings. The highest BCUT2D eigenvalue weighted by molar-refractivity contribution is 7.18. The number of imidazole rings is 1. The summed E-state index contributed by atoms with van der Waals surface area (Å²) in [6, 6.07) is 0. The predicted molar refractivity (Wildman–Crippen MR) is 84.0 cm³/mol. The lowest BCUT2D eigenvalue weighted by atomic mass is 10.1. The maximum absolute atomic E-state index is 11.8. The number of nitrogen functional groups attached to an aromatic ring is 1. The third-order valence-electron chi connectivity index (χ3n) is 4.30. The van der Waals surface area contributed by atoms with Gasteiger partial charge in [0.15, 0.2) is 5.78 Å². The van der Waals surface area contributed by atoms with E-state index in [1.807, 2.05) is 12.4 Å². The Bertz CT molecular complexity index is 713. The van der Waals surface area contributed by atoms with Gasteiger partial charge in [-0.05, 0) is 18.8 Å². The molecule has 0 unspecified atom stereocenters. The maximum atomic E-state index is 11.8. The SMILES string of the molecule is CC(=O)c1sc(N2CCn3ccnc3C2)c(C2CC2)c1N. The van der Waals surface area contributed by atoms with Crippen LogP contribution in [0, 0.1) is 0 Å². The maximum Gasteiger partial charge on any atom is 0.171 e. The number of rotatable bonds is 3. The molecule has 0 aromatic carbocycles. The molecule has 6 heteroatoms. The van der Waals surface area contributed by atoms with Gasteiger partial charge in [-0.15, -0.1) is 11.3 Å². The first-order valence-corrected chi connectivity index (χ1v) is 8.15. The highest BCUT2D eigenvalue weighted by Crippen LogP contribution is 2.52. The fourth-order valence-corrected chi connectivity index (χ4v) is 4.28. The van der Waals surface area contributed by atoms with E-state index in [1.165, 1.54) is 23.4 Å². The van der Waals surface area contributed by atoms with Gasteiger partial charge < -0.3 is 15.2 Å². The third-order valence-corrected chi connectivity index (χ3v) is 5.68. The van der Waals surface area contributed by atoms with Crippen LogP contribution in [0.1, 0.15) is 46.7 Å². The van der Waals surface area contributed by atoms with Gasteiger partial charge in [0.05, 0.1) is 22.1 Å². The average Bonchev–Trinajstić information content (AvgIpc) is 3.07. The quantitative estimate of drug-likeness (QED) is 0.885. The number of carbonyl (C=O) groups excluding carboxylic acids is 1. The summed E-state index contributed by atoms with van der Waals surface area (Å²) < 4.78 is 2.19. The molecule has 2 aromatic heterocycles. The van der Waals surface area contributed by atoms with E-state index in [0.29, 0.717) is 5.92 Å². The highest BCUT2D eigenvalue weighted by Gasteiger charge is 2.34. The molecule has 0 amide bonds. The second-order valence-corrected chi connectivity index (χ2v) is 6.85. The molecule has 0 bridgehead atoms. The van der Waals surface area contributed by atoms with Gasteiger partial charge in [0.1, 0.15) is 5.82 Å². The minimum Gasteiger partial charge on any atom is -0.397 e. The van der Waals surface area contributed by atoms with E-state index in [9.17, 15) is 4.79 Å². The van der Waals surface area contributed by atoms with Crippen LogP contribution in [0.2, 0.25) is 0 Å². The number of fused-ring (bicyclic) bond motifs is 1. The third kappa shape index (κ3) is 2.05. The van der Waals surface area contributed by atoms with E-state index in [2.05, 4.69) is 14.5 Å². The molecule has 2 aromatic rings. The van der Waals surface area contributed by atoms with Crippen molar-refractivity contribution in [1.82, 2.24) is 9.55 Å². The molecule has 2 N–H and O–H groups in total. The van der Waals surface area contributed by atoms with Crippen LogP contribution in [-0.4, -0.2) is 21.9 Å². The Kier molecular flexibility index (Phi) is 2.82. The summed E-state index contributed by atoms with van der Waals surface area (Å²) in [6.07, 6.45) is 6.25. The summed E-state index contributed by atoms with van der Waals surface area (Å²) in [5.74, 6) is 1.70. The van der Waals surface area contributed by atoms with Crippen molar-refractivity contribution in [3.63, 3.8) is 0 Å². The minimum absolute atomic E-state index is 0.0733. The molecule has 0 spiro atoms. The van der Waals surface area contributed by atoms with Gasteiger partial charge >= 0.3 is 0 Å². The van der Waals surface area contributed by atoms with Crippen molar-refractivity contribution in [1.29, 1.82) is 0 Å². The zero-order valence-corrected chi connectivity index (χ0v) is 12.8. The molecule has 21 heavy (non-hydrogen) atoms. The number of nitrogens with zero attached hydrogens (tertiary/aromatic N) is 3. The number of hydrogen-bond donors (Lipinski definition) is 1. The van der Waals surface area contributed by atoms with Crippen LogP contribution < -0.4 is 10.6 Å². The molecule has 1 saturated carbocycles. The molecule has 0 radical (unpaired) electrons. The summed E-state index contributed by atoms with van der Waals surface area (Å²) in [5, 5.41) is 1.19. The number of ketones is 1. The summed E-state index contributed by atoms with van der Waals surface area (Å²) in [5.41, 5.74) is 8.20. The van der Waals surface area contributed by atoms with Gasteiger partial charge in [0, 0.05) is 38.0 Å². The number of Topliss-reactive ketones (excluding diaryl/α,β-unsaturated/α-hetero) is 1. The smallest absolute Gasteiger partial charge is 0.171 e. The Morgan fingerprint density at radius 3 is 2.95 bits per heavy atom. The highest BCUT2D eigenvalue weighted by atomic mass is 32.1. The number of aromatic nitrogens is 2. The molecule has 5 nitrogen and oxygen atoms in total. The van der Waals surface area contributed by atoms with E-state index in [0.717, 1.165) is 36.0 Å². The number of hydrogen-bond acceptors (Lipinski definition) is 5. The number of thiophene rings is 1. The van der Waals surface area contributed by atoms with E-state index < -0.39 is 0 Å². The second-order valence-electron chi connectivity index (χ2n) is 5.85. The largest absolute Gasteiger partial charge is 0.397 e. The van der Waals surface area contributed by atoms with Gasteiger partial charge in [-0.2, -0.15) is 0 Å². The molecule has 110 valence electrons. The van der Waals surface area contributed by atoms with Gasteiger partial charge in [-0.1, -0.05) is 0 Å². The normalized spacial score (nSPS) is 17.9. The van der Waals surface area contributed by atoms with Crippen molar-refractivity contribution in [2.24, 2.45) is 0 Å². The van der Waals surface area contributed by atoms with E-state index in [-0.39, 0.29) is 5.78 Å². The standard InChI is InChI=1S/C15H18N4OS/c1-9(20)14-13(16)12(10-2-3-10)15(21-14)19-7-6-18-5-4-17-11(18)8-19/h4-5,10H,2-3,6-8,16H2,1H3. The fourth-order valence-electron chi connectivity index (χ4n) is 3.05. The molecule has 0 atom stereocenters. The van der Waals surface area contributed by atoms with E-state index in [4.69, 9.17) is 5.73 Å². The Labute approximate surface area is 127 Å². The Morgan fingerprint density at radius 1 is 1.43 bits per heavy atom. The van der Waals surface area contributed by atoms with Gasteiger partial charge in [0.2, 0.25) is 0 Å². The lowest BCUT2D eigenvalue weighted by Gasteiger charge is -2.29. The Morgan fingerprint density at radius 2 is 2.24 bits per heavy atom. The number of nitrogens with two attached hydrogens (primary N) is 1. The van der Waals surface area contributed by atoms with Crippen molar-refractivity contribution in [2.75, 3.05) is 17.2 Å². The van der Waals surface area contributed by atoms with E-state index in [1.54, 1.807) is 18.3 Å². The molecular weight excluding hydrogens is 284 g/mol. The number of carbonyl (C=O) groups is 1. The summed E-state index contributed by atoms with van der Waals surface area (Å²) >= 11 is 1.56. The monoisotopic (exact) mass is 302 g/mol. The van der Waals surface area contributed by atoms with Crippen LogP contribution in [0.15, 0.2) is 12.4 Å². The van der Waals surface area contributed by atoms with Crippen LogP contribution >= 0.6 is 11.3 Å². The molecular formula is C15H18N4OS. The van der Waals surface area contributed by atoms with Crippen molar-refractivity contribution in [3.05, 3.63) is 28.7 Å². The first-order chi connectivity index (χ1) is 10.1. The Hall–Kier alpha value is -1.82. The van der Waals surface area contributed by atoms with Gasteiger partial charge in [-0.3, -0.25) is 4.79 Å². The van der Waals surface area contributed by atoms with Gasteiger partial charge in [0.25, 0.3) is 0 Å². The van der Waals surface area contributed by atoms with Crippen molar-refractivity contribution >= 4 is 27.8 Å². The lowest BCUT2D eigenvalue weighted by molar-refractivity contribution is 0.102. The van der Waals surface area contributed by atoms with Gasteiger partial charge in [-0.25, -0.2) is 4.98 Å². The fraction of sp³-hybridized carbons (Fsp3) is 0.467. The van der Waals surface area contributed by atoms with Crippen molar-refractivity contribution < 1.29 is 4.79 Å². The first-order valence-electron chi connectivity index (χ1n) is 7.33. The van der Waals surface area contributed by atoms with Crippen LogP contribution in [0.5, 0.6) is 0 Å². The van der Waals surface area contributed by atoms with Crippen molar-refractivity contribution in [3.8, 4) is 0 Å². The van der Waals surface area contributed by atoms with Crippen LogP contribution in [-0.2, 0) is 13.1 Å². The summed E-state index contributed by atoms with van der Waals surface area (Å²) in [4.78, 5) is 19.3. The van der Waals surface area contributed by atoms with Crippen LogP contribution in [0.3, 0.4) is 0 Å². The molecule has 0 saturated heterocycles. The predicted octanol–water partition coefficient (Wildman–Crippen LogP) is 2.63. The summed E-state index contributed by atoms with van der Waals surface area (Å²) in [7, 11) is 0. The topological polar surface area (TPSA) is 64.2 Å². The minimum atomic E-state index is 0.0733. The zero-order chi connectivity index (χ0) is 14.6. The first kappa shape index (κ1) is 12.9. The molecule has 2 aliphatic rings. The molecule has 3 heterocycles. The lowest BCUT2D eigenvalue weighted by Crippen LogP contribution is -2.33. The molecule has 1 aliphatic heterocycles. The van der Waals surface area contributed by atoms with Crippen LogP contribution in [0.25, 0.3) is 0 Å². The Balaban J connectivity index is 1.75. The van der Waals surface area contributed by atoms with Crippen molar-refractivity contribution in [2.45, 2.75) is 38.8 Å². The zero-order valence-electron chi connectivity index (χ0n) is 12.0. The number of anilines is 2.